The van der Waals surface area contributed by atoms with Gasteiger partial charge in [-0.1, -0.05) is 0 Å². The predicted octanol–water partition coefficient (Wildman–Crippen LogP) is 9.64. The van der Waals surface area contributed by atoms with Crippen molar-refractivity contribution in [2.45, 2.75) is 148 Å². The predicted molar refractivity (Wildman–Crippen MR) is 147 cm³/mol. The van der Waals surface area contributed by atoms with E-state index in [0.29, 0.717) is 0 Å². The van der Waals surface area contributed by atoms with Crippen LogP contribution in [0.15, 0.2) is 0 Å². The van der Waals surface area contributed by atoms with E-state index in [0.717, 1.165) is 0 Å². The van der Waals surface area contributed by atoms with Crippen LogP contribution in [0.2, 0.25) is 23.8 Å². The fourth-order valence-electron chi connectivity index (χ4n) is 5.52. The first-order valence-electron chi connectivity index (χ1n) is 12.4. The number of hydrogen-bond donors (Lipinski definition) is 0. The summed E-state index contributed by atoms with van der Waals surface area (Å²) in [5.41, 5.74) is 0. The first-order valence-corrected chi connectivity index (χ1v) is 27.3. The maximum absolute atomic E-state index is 18.0. The summed E-state index contributed by atoms with van der Waals surface area (Å²) in [6.45, 7) is 36.4. The Bertz CT molecular complexity index is 648. The Morgan fingerprint density at radius 3 is 0.727 bits per heavy atom. The standard InChI is InChI=1S/C8H18F2O2Si2.4C4H9.O.2Sn/c1-7(2,3)13(9,11)14(10,12)8(4,5)6;4*1-4(2)3;;;/h1-6H3;4*1-3H3;;;/q-2;;;;;;2*+1. The van der Waals surface area contributed by atoms with Crippen molar-refractivity contribution in [1.29, 1.82) is 0 Å². The number of hydrogen-bond acceptors (Lipinski definition) is 3. The molecule has 0 aromatic rings. The molecular weight excluding hydrogens is 668 g/mol. The van der Waals surface area contributed by atoms with Crippen molar-refractivity contribution in [2.24, 2.45) is 0 Å². The van der Waals surface area contributed by atoms with Gasteiger partial charge < -0.3 is 0 Å². The van der Waals surface area contributed by atoms with Crippen molar-refractivity contribution in [3.8, 4) is 0 Å². The molecule has 2 atom stereocenters. The SMILES string of the molecule is CC(C)(C)[Si]1(F)[O][Sn]([C](C)(C)C)([C](C)(C)C)[O][Sn]([C](C)(C)C)([C](C)(C)C)[O][Si]1(F)C(C)(C)C. The molecule has 0 aliphatic carbocycles. The Labute approximate surface area is 216 Å². The zero-order chi connectivity index (χ0) is 27.1. The van der Waals surface area contributed by atoms with Crippen molar-refractivity contribution >= 4 is 54.7 Å². The van der Waals surface area contributed by atoms with E-state index in [1.807, 2.05) is 41.5 Å². The van der Waals surface area contributed by atoms with Crippen molar-refractivity contribution in [3.63, 3.8) is 0 Å². The molecule has 3 nitrogen and oxygen atoms in total. The van der Waals surface area contributed by atoms with E-state index in [4.69, 9.17) is 6.94 Å². The second kappa shape index (κ2) is 8.65. The van der Waals surface area contributed by atoms with Gasteiger partial charge in [-0.15, -0.1) is 0 Å². The van der Waals surface area contributed by atoms with E-state index < -0.39 is 78.5 Å². The second-order valence-electron chi connectivity index (χ2n) is 16.2. The van der Waals surface area contributed by atoms with Crippen LogP contribution in [-0.2, 0) is 6.94 Å². The van der Waals surface area contributed by atoms with Gasteiger partial charge in [0.2, 0.25) is 0 Å². The third-order valence-electron chi connectivity index (χ3n) is 7.15. The monoisotopic (exact) mass is 724 g/mol. The first kappa shape index (κ1) is 32.8. The summed E-state index contributed by atoms with van der Waals surface area (Å²) in [5.74, 6) is 0. The molecule has 0 radical (unpaired) electrons. The summed E-state index contributed by atoms with van der Waals surface area (Å²) in [6, 6.07) is 0. The number of halogens is 2. The molecule has 33 heavy (non-hydrogen) atoms. The van der Waals surface area contributed by atoms with Crippen LogP contribution >= 0.6 is 0 Å². The van der Waals surface area contributed by atoms with E-state index in [-0.39, 0.29) is 0 Å². The molecule has 0 aromatic carbocycles. The normalized spacial score (nSPS) is 30.2. The molecule has 0 N–H and O–H groups in total. The van der Waals surface area contributed by atoms with Gasteiger partial charge in [-0.3, -0.25) is 0 Å². The molecule has 1 heterocycles. The molecule has 0 spiro atoms. The molecule has 198 valence electrons. The minimum atomic E-state index is -4.61. The Morgan fingerprint density at radius 2 is 0.606 bits per heavy atom. The van der Waals surface area contributed by atoms with Gasteiger partial charge in [-0.2, -0.15) is 0 Å². The summed E-state index contributed by atoms with van der Waals surface area (Å²) >= 11 is -9.06. The van der Waals surface area contributed by atoms with Gasteiger partial charge in [0.15, 0.2) is 0 Å². The number of rotatable bonds is 0. The van der Waals surface area contributed by atoms with E-state index in [1.165, 1.54) is 0 Å². The summed E-state index contributed by atoms with van der Waals surface area (Å²) in [4.78, 5) is 0. The molecule has 0 amide bonds. The molecule has 1 fully saturated rings. The van der Waals surface area contributed by atoms with E-state index in [9.17, 15) is 0 Å². The Balaban J connectivity index is 4.49. The van der Waals surface area contributed by atoms with Crippen molar-refractivity contribution in [1.82, 2.24) is 0 Å². The quantitative estimate of drug-likeness (QED) is 0.184. The van der Waals surface area contributed by atoms with E-state index in [1.54, 1.807) is 0 Å². The molecule has 0 bridgehead atoms. The van der Waals surface area contributed by atoms with E-state index >= 15 is 8.22 Å². The molecular formula is C24H54F2O3Si2Sn2. The maximum atomic E-state index is 18.0. The second-order valence-corrected chi connectivity index (χ2v) is 58.0. The summed E-state index contributed by atoms with van der Waals surface area (Å²) in [6.07, 6.45) is 0. The molecule has 0 saturated carbocycles. The molecule has 1 rings (SSSR count). The van der Waals surface area contributed by atoms with Gasteiger partial charge in [0.25, 0.3) is 0 Å². The Morgan fingerprint density at radius 1 is 0.424 bits per heavy atom. The summed E-state index contributed by atoms with van der Waals surface area (Å²) in [5, 5.41) is -1.97. The molecule has 2 unspecified atom stereocenters. The fourth-order valence-corrected chi connectivity index (χ4v) is 106. The van der Waals surface area contributed by atoms with Gasteiger partial charge in [0, 0.05) is 0 Å². The fraction of sp³-hybridized carbons (Fsp3) is 1.00. The van der Waals surface area contributed by atoms with Crippen molar-refractivity contribution < 1.29 is 15.2 Å². The van der Waals surface area contributed by atoms with Crippen LogP contribution in [0.5, 0.6) is 0 Å². The van der Waals surface area contributed by atoms with Crippen LogP contribution in [0.25, 0.3) is 0 Å². The van der Waals surface area contributed by atoms with E-state index in [2.05, 4.69) is 83.1 Å². The minimum absolute atomic E-state index is 0.415. The topological polar surface area (TPSA) is 27.7 Å². The van der Waals surface area contributed by atoms with Crippen molar-refractivity contribution in [2.75, 3.05) is 0 Å². The average molecular weight is 722 g/mol. The molecule has 1 saturated heterocycles. The zero-order valence-electron chi connectivity index (χ0n) is 25.0. The molecule has 0 aromatic heterocycles. The van der Waals surface area contributed by atoms with Crippen LogP contribution in [0.4, 0.5) is 8.22 Å². The molecule has 1 aliphatic heterocycles. The van der Waals surface area contributed by atoms with Crippen LogP contribution < -0.4 is 0 Å². The zero-order valence-corrected chi connectivity index (χ0v) is 32.7. The van der Waals surface area contributed by atoms with Crippen LogP contribution in [0.3, 0.4) is 0 Å². The summed E-state index contributed by atoms with van der Waals surface area (Å²) in [7, 11) is -9.22. The average Bonchev–Trinajstić information content (AvgIpc) is 2.57. The Kier molecular flexibility index (Phi) is 8.59. The van der Waals surface area contributed by atoms with Gasteiger partial charge in [0.1, 0.15) is 0 Å². The van der Waals surface area contributed by atoms with Crippen molar-refractivity contribution in [3.05, 3.63) is 0 Å². The van der Waals surface area contributed by atoms with Gasteiger partial charge >= 0.3 is 218 Å². The summed E-state index contributed by atoms with van der Waals surface area (Å²) < 4.78 is 56.1. The van der Waals surface area contributed by atoms with Gasteiger partial charge in [-0.25, -0.2) is 0 Å². The van der Waals surface area contributed by atoms with Crippen LogP contribution in [0.1, 0.15) is 125 Å². The third-order valence-corrected chi connectivity index (χ3v) is 69.0. The third kappa shape index (κ3) is 4.98. The van der Waals surface area contributed by atoms with Gasteiger partial charge in [-0.05, 0) is 0 Å². The van der Waals surface area contributed by atoms with Gasteiger partial charge in [0.05, 0.1) is 0 Å². The Hall–Kier alpha value is 1.77. The van der Waals surface area contributed by atoms with Crippen LogP contribution in [0, 0.1) is 0 Å². The molecule has 1 aliphatic rings. The molecule has 9 heteroatoms. The first-order chi connectivity index (χ1) is 13.9. The van der Waals surface area contributed by atoms with Crippen LogP contribution in [-0.4, -0.2) is 54.7 Å².